The van der Waals surface area contributed by atoms with E-state index in [0.717, 1.165) is 24.5 Å². The van der Waals surface area contributed by atoms with Crippen molar-refractivity contribution in [2.24, 2.45) is 5.73 Å². The summed E-state index contributed by atoms with van der Waals surface area (Å²) in [6.07, 6.45) is 2.11. The SMILES string of the molecule is CCCc1nc(N(CC)c2cccc(C)c2)sc1CN. The standard InChI is InChI=1S/C16H23N3S/c1-4-7-14-15(11-17)20-16(18-14)19(5-2)13-9-6-8-12(3)10-13/h6,8-10H,4-5,7,11,17H2,1-3H3. The highest BCUT2D eigenvalue weighted by Gasteiger charge is 2.15. The summed E-state index contributed by atoms with van der Waals surface area (Å²) < 4.78 is 0. The summed E-state index contributed by atoms with van der Waals surface area (Å²) in [5.41, 5.74) is 9.49. The van der Waals surface area contributed by atoms with Gasteiger partial charge in [0.25, 0.3) is 0 Å². The number of rotatable bonds is 6. The summed E-state index contributed by atoms with van der Waals surface area (Å²) in [4.78, 5) is 8.29. The van der Waals surface area contributed by atoms with E-state index in [-0.39, 0.29) is 0 Å². The van der Waals surface area contributed by atoms with E-state index in [2.05, 4.69) is 49.9 Å². The Balaban J connectivity index is 2.36. The molecule has 0 amide bonds. The molecule has 2 rings (SSSR count). The first-order valence-electron chi connectivity index (χ1n) is 7.22. The number of benzene rings is 1. The molecule has 0 bridgehead atoms. The Morgan fingerprint density at radius 1 is 1.30 bits per heavy atom. The van der Waals surface area contributed by atoms with Crippen molar-refractivity contribution in [1.82, 2.24) is 4.98 Å². The minimum absolute atomic E-state index is 0.582. The molecule has 0 spiro atoms. The van der Waals surface area contributed by atoms with Crippen molar-refractivity contribution in [1.29, 1.82) is 0 Å². The van der Waals surface area contributed by atoms with Gasteiger partial charge in [0.2, 0.25) is 0 Å². The quantitative estimate of drug-likeness (QED) is 0.873. The van der Waals surface area contributed by atoms with Crippen LogP contribution in [-0.4, -0.2) is 11.5 Å². The highest BCUT2D eigenvalue weighted by molar-refractivity contribution is 7.15. The van der Waals surface area contributed by atoms with Crippen molar-refractivity contribution in [3.05, 3.63) is 40.4 Å². The fourth-order valence-corrected chi connectivity index (χ4v) is 3.37. The van der Waals surface area contributed by atoms with Gasteiger partial charge in [0.15, 0.2) is 5.13 Å². The Kier molecular flexibility index (Phi) is 5.15. The van der Waals surface area contributed by atoms with E-state index in [0.29, 0.717) is 6.54 Å². The van der Waals surface area contributed by atoms with Crippen LogP contribution in [-0.2, 0) is 13.0 Å². The number of hydrogen-bond acceptors (Lipinski definition) is 4. The molecule has 0 unspecified atom stereocenters. The molecule has 3 nitrogen and oxygen atoms in total. The second-order valence-electron chi connectivity index (χ2n) is 4.90. The molecule has 1 aromatic heterocycles. The van der Waals surface area contributed by atoms with Crippen molar-refractivity contribution in [2.75, 3.05) is 11.4 Å². The number of nitrogens with two attached hydrogens (primary N) is 1. The molecular formula is C16H23N3S. The Hall–Kier alpha value is -1.39. The van der Waals surface area contributed by atoms with Gasteiger partial charge >= 0.3 is 0 Å². The molecular weight excluding hydrogens is 266 g/mol. The van der Waals surface area contributed by atoms with E-state index in [1.165, 1.54) is 21.8 Å². The second-order valence-corrected chi connectivity index (χ2v) is 5.97. The monoisotopic (exact) mass is 289 g/mol. The third-order valence-electron chi connectivity index (χ3n) is 3.30. The fourth-order valence-electron chi connectivity index (χ4n) is 2.30. The molecule has 108 valence electrons. The van der Waals surface area contributed by atoms with E-state index in [4.69, 9.17) is 10.7 Å². The number of nitrogens with zero attached hydrogens (tertiary/aromatic N) is 2. The van der Waals surface area contributed by atoms with Gasteiger partial charge in [-0.25, -0.2) is 4.98 Å². The lowest BCUT2D eigenvalue weighted by Crippen LogP contribution is -2.15. The van der Waals surface area contributed by atoms with Gasteiger partial charge in [0.1, 0.15) is 0 Å². The van der Waals surface area contributed by atoms with Crippen LogP contribution in [0.15, 0.2) is 24.3 Å². The van der Waals surface area contributed by atoms with E-state index in [1.807, 2.05) is 0 Å². The van der Waals surface area contributed by atoms with Crippen LogP contribution in [0.4, 0.5) is 10.8 Å². The van der Waals surface area contributed by atoms with Crippen LogP contribution in [0.3, 0.4) is 0 Å². The first kappa shape index (κ1) is 15.0. The number of aromatic nitrogens is 1. The summed E-state index contributed by atoms with van der Waals surface area (Å²) in [6.45, 7) is 7.95. The Morgan fingerprint density at radius 3 is 2.70 bits per heavy atom. The summed E-state index contributed by atoms with van der Waals surface area (Å²) in [6, 6.07) is 8.55. The largest absolute Gasteiger partial charge is 0.326 e. The zero-order chi connectivity index (χ0) is 14.5. The van der Waals surface area contributed by atoms with Crippen LogP contribution in [0.1, 0.15) is 36.4 Å². The van der Waals surface area contributed by atoms with Gasteiger partial charge < -0.3 is 10.6 Å². The number of anilines is 2. The van der Waals surface area contributed by atoms with Gasteiger partial charge in [-0.2, -0.15) is 0 Å². The predicted molar refractivity (Wildman–Crippen MR) is 87.9 cm³/mol. The van der Waals surface area contributed by atoms with Crippen molar-refractivity contribution >= 4 is 22.2 Å². The van der Waals surface area contributed by atoms with Gasteiger partial charge in [0.05, 0.1) is 5.69 Å². The topological polar surface area (TPSA) is 42.2 Å². The van der Waals surface area contributed by atoms with E-state index >= 15 is 0 Å². The summed E-state index contributed by atoms with van der Waals surface area (Å²) >= 11 is 1.72. The Morgan fingerprint density at radius 2 is 2.10 bits per heavy atom. The Bertz CT molecular complexity index is 563. The maximum absolute atomic E-state index is 5.85. The minimum atomic E-state index is 0.582. The van der Waals surface area contributed by atoms with Crippen LogP contribution in [0.2, 0.25) is 0 Å². The minimum Gasteiger partial charge on any atom is -0.326 e. The molecule has 0 aliphatic rings. The lowest BCUT2D eigenvalue weighted by molar-refractivity contribution is 0.865. The smallest absolute Gasteiger partial charge is 0.190 e. The highest BCUT2D eigenvalue weighted by atomic mass is 32.1. The molecule has 2 aromatic rings. The van der Waals surface area contributed by atoms with Gasteiger partial charge in [-0.05, 0) is 38.0 Å². The number of thiazole rings is 1. The summed E-state index contributed by atoms with van der Waals surface area (Å²) in [7, 11) is 0. The molecule has 0 atom stereocenters. The maximum atomic E-state index is 5.85. The van der Waals surface area contributed by atoms with Crippen molar-refractivity contribution in [3.8, 4) is 0 Å². The van der Waals surface area contributed by atoms with E-state index in [9.17, 15) is 0 Å². The zero-order valence-electron chi connectivity index (χ0n) is 12.5. The predicted octanol–water partition coefficient (Wildman–Crippen LogP) is 4.02. The summed E-state index contributed by atoms with van der Waals surface area (Å²) in [5.74, 6) is 0. The van der Waals surface area contributed by atoms with Gasteiger partial charge in [0, 0.05) is 23.7 Å². The molecule has 0 radical (unpaired) electrons. The molecule has 4 heteroatoms. The van der Waals surface area contributed by atoms with Crippen LogP contribution < -0.4 is 10.6 Å². The molecule has 0 fully saturated rings. The van der Waals surface area contributed by atoms with Gasteiger partial charge in [-0.3, -0.25) is 0 Å². The summed E-state index contributed by atoms with van der Waals surface area (Å²) in [5, 5.41) is 1.06. The molecule has 2 N–H and O–H groups in total. The normalized spacial score (nSPS) is 10.8. The first-order chi connectivity index (χ1) is 9.69. The van der Waals surface area contributed by atoms with E-state index < -0.39 is 0 Å². The molecule has 0 saturated heterocycles. The Labute approximate surface area is 125 Å². The molecule has 0 saturated carbocycles. The number of aryl methyl sites for hydroxylation is 2. The molecule has 20 heavy (non-hydrogen) atoms. The van der Waals surface area contributed by atoms with E-state index in [1.54, 1.807) is 11.3 Å². The lowest BCUT2D eigenvalue weighted by atomic mass is 10.2. The molecule has 0 aliphatic heterocycles. The second kappa shape index (κ2) is 6.86. The van der Waals surface area contributed by atoms with Crippen LogP contribution in [0, 0.1) is 6.92 Å². The third kappa shape index (κ3) is 3.19. The maximum Gasteiger partial charge on any atom is 0.190 e. The van der Waals surface area contributed by atoms with Gasteiger partial charge in [-0.1, -0.05) is 36.8 Å². The third-order valence-corrected chi connectivity index (χ3v) is 4.44. The average Bonchev–Trinajstić information content (AvgIpc) is 2.83. The van der Waals surface area contributed by atoms with Crippen LogP contribution in [0.5, 0.6) is 0 Å². The van der Waals surface area contributed by atoms with Crippen molar-refractivity contribution < 1.29 is 0 Å². The molecule has 1 aromatic carbocycles. The highest BCUT2D eigenvalue weighted by Crippen LogP contribution is 2.32. The van der Waals surface area contributed by atoms with Crippen LogP contribution >= 0.6 is 11.3 Å². The van der Waals surface area contributed by atoms with Crippen molar-refractivity contribution in [2.45, 2.75) is 40.2 Å². The molecule has 0 aliphatic carbocycles. The van der Waals surface area contributed by atoms with Crippen molar-refractivity contribution in [3.63, 3.8) is 0 Å². The van der Waals surface area contributed by atoms with Crippen LogP contribution in [0.25, 0.3) is 0 Å². The fraction of sp³-hybridized carbons (Fsp3) is 0.438. The average molecular weight is 289 g/mol. The molecule has 1 heterocycles. The first-order valence-corrected chi connectivity index (χ1v) is 8.04. The zero-order valence-corrected chi connectivity index (χ0v) is 13.3. The number of hydrogen-bond donors (Lipinski definition) is 1. The lowest BCUT2D eigenvalue weighted by Gasteiger charge is -2.20. The van der Waals surface area contributed by atoms with Gasteiger partial charge in [-0.15, -0.1) is 0 Å².